The van der Waals surface area contributed by atoms with Gasteiger partial charge in [-0.3, -0.25) is 0 Å². The number of hydrogen-bond acceptors (Lipinski definition) is 3. The number of thiophene rings is 1. The minimum absolute atomic E-state index is 0.950. The van der Waals surface area contributed by atoms with Gasteiger partial charge < -0.3 is 10.6 Å². The first-order chi connectivity index (χ1) is 7.36. The van der Waals surface area contributed by atoms with Gasteiger partial charge in [0.1, 0.15) is 0 Å². The summed E-state index contributed by atoms with van der Waals surface area (Å²) in [6.07, 6.45) is 5.39. The van der Waals surface area contributed by atoms with E-state index < -0.39 is 0 Å². The highest BCUT2D eigenvalue weighted by Crippen LogP contribution is 2.28. The van der Waals surface area contributed by atoms with Crippen LogP contribution in [0.5, 0.6) is 0 Å². The van der Waals surface area contributed by atoms with Crippen LogP contribution in [-0.2, 0) is 6.42 Å². The standard InChI is InChI=1S/C12H16N2S/c1-3-14-11-10(13-2)6-4-5-9-7-8-15-12(9)11/h4,6-8,13-14H,3,5H2,1-2H3. The number of hydrogen-bond donors (Lipinski definition) is 2. The zero-order chi connectivity index (χ0) is 10.7. The lowest BCUT2D eigenvalue weighted by molar-refractivity contribution is 0.913. The monoisotopic (exact) mass is 220 g/mol. The average molecular weight is 220 g/mol. The minimum Gasteiger partial charge on any atom is -0.386 e. The van der Waals surface area contributed by atoms with Gasteiger partial charge in [-0.25, -0.2) is 0 Å². The lowest BCUT2D eigenvalue weighted by Gasteiger charge is -2.12. The molecule has 0 radical (unpaired) electrons. The molecule has 0 bridgehead atoms. The Kier molecular flexibility index (Phi) is 3.11. The second-order valence-electron chi connectivity index (χ2n) is 3.45. The van der Waals surface area contributed by atoms with Crippen molar-refractivity contribution in [2.45, 2.75) is 13.3 Å². The smallest absolute Gasteiger partial charge is 0.0753 e. The fourth-order valence-electron chi connectivity index (χ4n) is 1.79. The van der Waals surface area contributed by atoms with Crippen molar-refractivity contribution < 1.29 is 0 Å². The summed E-state index contributed by atoms with van der Waals surface area (Å²) < 4.78 is 0. The van der Waals surface area contributed by atoms with Crippen molar-refractivity contribution in [3.63, 3.8) is 0 Å². The van der Waals surface area contributed by atoms with Gasteiger partial charge in [0.25, 0.3) is 0 Å². The van der Waals surface area contributed by atoms with Crippen LogP contribution in [0.3, 0.4) is 0 Å². The van der Waals surface area contributed by atoms with Crippen LogP contribution in [0, 0.1) is 0 Å². The van der Waals surface area contributed by atoms with Crippen molar-refractivity contribution in [1.82, 2.24) is 10.6 Å². The van der Waals surface area contributed by atoms with E-state index in [4.69, 9.17) is 0 Å². The van der Waals surface area contributed by atoms with E-state index in [2.05, 4.69) is 41.2 Å². The van der Waals surface area contributed by atoms with Crippen molar-refractivity contribution in [1.29, 1.82) is 0 Å². The Morgan fingerprint density at radius 2 is 2.33 bits per heavy atom. The van der Waals surface area contributed by atoms with Crippen LogP contribution in [0.4, 0.5) is 0 Å². The number of likely N-dealkylation sites (N-methyl/N-ethyl adjacent to an activating group) is 1. The van der Waals surface area contributed by atoms with Crippen LogP contribution in [0.2, 0.25) is 0 Å². The molecule has 1 aliphatic rings. The van der Waals surface area contributed by atoms with Crippen molar-refractivity contribution in [3.05, 3.63) is 39.7 Å². The zero-order valence-electron chi connectivity index (χ0n) is 9.13. The van der Waals surface area contributed by atoms with Crippen LogP contribution >= 0.6 is 11.3 Å². The Morgan fingerprint density at radius 1 is 1.47 bits per heavy atom. The lowest BCUT2D eigenvalue weighted by Crippen LogP contribution is -2.17. The fourth-order valence-corrected chi connectivity index (χ4v) is 2.76. The van der Waals surface area contributed by atoms with E-state index in [1.807, 2.05) is 7.05 Å². The average Bonchev–Trinajstić information content (AvgIpc) is 2.64. The molecule has 1 aromatic heterocycles. The number of allylic oxidation sites excluding steroid dienone is 2. The molecule has 2 rings (SSSR count). The van der Waals surface area contributed by atoms with Crippen LogP contribution in [0.1, 0.15) is 17.4 Å². The molecule has 0 aliphatic heterocycles. The van der Waals surface area contributed by atoms with Crippen molar-refractivity contribution >= 4 is 17.0 Å². The highest BCUT2D eigenvalue weighted by Gasteiger charge is 2.14. The molecule has 2 N–H and O–H groups in total. The maximum absolute atomic E-state index is 3.44. The normalized spacial score (nSPS) is 14.8. The van der Waals surface area contributed by atoms with Gasteiger partial charge in [-0.2, -0.15) is 0 Å². The topological polar surface area (TPSA) is 24.1 Å². The summed E-state index contributed by atoms with van der Waals surface area (Å²) in [4.78, 5) is 1.37. The predicted octanol–water partition coefficient (Wildman–Crippen LogP) is 2.36. The van der Waals surface area contributed by atoms with Gasteiger partial charge in [-0.15, -0.1) is 11.3 Å². The molecule has 0 atom stereocenters. The summed E-state index contributed by atoms with van der Waals surface area (Å²) in [7, 11) is 1.97. The van der Waals surface area contributed by atoms with E-state index in [0.717, 1.165) is 13.0 Å². The quantitative estimate of drug-likeness (QED) is 0.817. The third-order valence-corrected chi connectivity index (χ3v) is 3.46. The van der Waals surface area contributed by atoms with Crippen molar-refractivity contribution in [2.24, 2.45) is 0 Å². The van der Waals surface area contributed by atoms with Crippen LogP contribution in [0.25, 0.3) is 5.70 Å². The molecule has 0 fully saturated rings. The largest absolute Gasteiger partial charge is 0.386 e. The summed E-state index contributed by atoms with van der Waals surface area (Å²) in [5.41, 5.74) is 3.83. The van der Waals surface area contributed by atoms with E-state index in [9.17, 15) is 0 Å². The van der Waals surface area contributed by atoms with E-state index in [-0.39, 0.29) is 0 Å². The molecule has 0 unspecified atom stereocenters. The van der Waals surface area contributed by atoms with Gasteiger partial charge in [0, 0.05) is 13.6 Å². The molecule has 1 aliphatic carbocycles. The number of rotatable bonds is 3. The first-order valence-electron chi connectivity index (χ1n) is 5.26. The van der Waals surface area contributed by atoms with Crippen LogP contribution < -0.4 is 10.6 Å². The van der Waals surface area contributed by atoms with Crippen molar-refractivity contribution in [2.75, 3.05) is 13.6 Å². The first kappa shape index (κ1) is 10.3. The maximum Gasteiger partial charge on any atom is 0.0753 e. The number of nitrogens with one attached hydrogen (secondary N) is 2. The highest BCUT2D eigenvalue weighted by molar-refractivity contribution is 7.11. The molecule has 0 saturated carbocycles. The predicted molar refractivity (Wildman–Crippen MR) is 66.8 cm³/mol. The molecule has 1 heterocycles. The Hall–Kier alpha value is -1.22. The van der Waals surface area contributed by atoms with Gasteiger partial charge in [-0.05, 0) is 36.4 Å². The van der Waals surface area contributed by atoms with Gasteiger partial charge in [0.05, 0.1) is 16.3 Å². The minimum atomic E-state index is 0.950. The summed E-state index contributed by atoms with van der Waals surface area (Å²) in [6, 6.07) is 2.21. The van der Waals surface area contributed by atoms with E-state index >= 15 is 0 Å². The SMILES string of the molecule is CCNC1=C(NC)C=CCc2ccsc21. The van der Waals surface area contributed by atoms with E-state index in [0.29, 0.717) is 0 Å². The van der Waals surface area contributed by atoms with Gasteiger partial charge in [0.15, 0.2) is 0 Å². The molecule has 1 aromatic rings. The molecule has 0 amide bonds. The molecular formula is C12H16N2S. The second-order valence-corrected chi connectivity index (χ2v) is 4.37. The third-order valence-electron chi connectivity index (χ3n) is 2.49. The summed E-state index contributed by atoms with van der Waals surface area (Å²) in [5, 5.41) is 8.85. The van der Waals surface area contributed by atoms with Crippen LogP contribution in [0.15, 0.2) is 29.3 Å². The molecule has 0 saturated heterocycles. The molecular weight excluding hydrogens is 204 g/mol. The molecule has 2 nitrogen and oxygen atoms in total. The second kappa shape index (κ2) is 4.53. The van der Waals surface area contributed by atoms with E-state index in [1.165, 1.54) is 21.8 Å². The summed E-state index contributed by atoms with van der Waals surface area (Å²) >= 11 is 1.81. The molecule has 15 heavy (non-hydrogen) atoms. The lowest BCUT2D eigenvalue weighted by atomic mass is 10.2. The van der Waals surface area contributed by atoms with E-state index in [1.54, 1.807) is 11.3 Å². The zero-order valence-corrected chi connectivity index (χ0v) is 9.95. The summed E-state index contributed by atoms with van der Waals surface area (Å²) in [5.74, 6) is 0. The third kappa shape index (κ3) is 1.92. The van der Waals surface area contributed by atoms with Gasteiger partial charge in [0.2, 0.25) is 0 Å². The van der Waals surface area contributed by atoms with Crippen LogP contribution in [-0.4, -0.2) is 13.6 Å². The van der Waals surface area contributed by atoms with Gasteiger partial charge >= 0.3 is 0 Å². The number of fused-ring (bicyclic) bond motifs is 1. The Bertz CT molecular complexity index is 402. The summed E-state index contributed by atoms with van der Waals surface area (Å²) in [6.45, 7) is 3.08. The Balaban J connectivity index is 2.49. The van der Waals surface area contributed by atoms with Crippen molar-refractivity contribution in [3.8, 4) is 0 Å². The molecule has 0 aromatic carbocycles. The first-order valence-corrected chi connectivity index (χ1v) is 6.14. The Morgan fingerprint density at radius 3 is 3.07 bits per heavy atom. The maximum atomic E-state index is 3.44. The molecule has 0 spiro atoms. The Labute approximate surface area is 94.7 Å². The molecule has 3 heteroatoms. The fraction of sp³-hybridized carbons (Fsp3) is 0.333. The highest BCUT2D eigenvalue weighted by atomic mass is 32.1. The van der Waals surface area contributed by atoms with Gasteiger partial charge in [-0.1, -0.05) is 6.08 Å². The molecule has 80 valence electrons.